The Morgan fingerprint density at radius 1 is 1.08 bits per heavy atom. The first-order valence-corrected chi connectivity index (χ1v) is 14.0. The predicted molar refractivity (Wildman–Crippen MR) is 150 cm³/mol. The van der Waals surface area contributed by atoms with Gasteiger partial charge in [0.05, 0.1) is 16.8 Å². The van der Waals surface area contributed by atoms with Gasteiger partial charge in [-0.25, -0.2) is 4.79 Å². The van der Waals surface area contributed by atoms with Crippen molar-refractivity contribution in [2.75, 3.05) is 46.1 Å². The van der Waals surface area contributed by atoms with Gasteiger partial charge in [0, 0.05) is 38.1 Å². The van der Waals surface area contributed by atoms with Crippen LogP contribution in [-0.4, -0.2) is 83.8 Å². The second-order valence-electron chi connectivity index (χ2n) is 11.6. The maximum atomic E-state index is 13.8. The van der Waals surface area contributed by atoms with Crippen LogP contribution in [0.25, 0.3) is 0 Å². The maximum Gasteiger partial charge on any atom is 0.321 e. The molecule has 4 amide bonds. The lowest BCUT2D eigenvalue weighted by molar-refractivity contribution is -0.116. The van der Waals surface area contributed by atoms with E-state index >= 15 is 0 Å². The highest BCUT2D eigenvalue weighted by Gasteiger charge is 2.55. The zero-order valence-electron chi connectivity index (χ0n) is 23.3. The van der Waals surface area contributed by atoms with Gasteiger partial charge in [0.15, 0.2) is 0 Å². The Bertz CT molecular complexity index is 1200. The summed E-state index contributed by atoms with van der Waals surface area (Å²) in [6.45, 7) is 1.26. The normalized spacial score (nSPS) is 25.2. The largest absolute Gasteiger partial charge is 0.355 e. The van der Waals surface area contributed by atoms with Crippen molar-refractivity contribution in [2.24, 2.45) is 5.92 Å². The molecule has 2 aliphatic carbocycles. The van der Waals surface area contributed by atoms with E-state index < -0.39 is 0 Å². The van der Waals surface area contributed by atoms with Gasteiger partial charge >= 0.3 is 6.03 Å². The van der Waals surface area contributed by atoms with Gasteiger partial charge in [-0.1, -0.05) is 36.8 Å². The van der Waals surface area contributed by atoms with Gasteiger partial charge in [-0.15, -0.1) is 0 Å². The Hall–Kier alpha value is -3.46. The molecule has 1 spiro atoms. The summed E-state index contributed by atoms with van der Waals surface area (Å²) in [5.74, 6) is -0.101. The number of amides is 4. The van der Waals surface area contributed by atoms with Crippen molar-refractivity contribution < 1.29 is 14.4 Å². The molecule has 0 atom stereocenters. The quantitative estimate of drug-likeness (QED) is 0.541. The van der Waals surface area contributed by atoms with Gasteiger partial charge in [-0.2, -0.15) is 0 Å². The number of nitrogens with one attached hydrogen (secondary N) is 2. The Kier molecular flexibility index (Phi) is 7.62. The molecule has 3 fully saturated rings. The first kappa shape index (κ1) is 27.1. The second-order valence-corrected chi connectivity index (χ2v) is 11.6. The topological polar surface area (TPSA) is 97.9 Å². The molecule has 1 aliphatic heterocycles. The van der Waals surface area contributed by atoms with Crippen LogP contribution >= 0.6 is 0 Å². The molecule has 39 heavy (non-hydrogen) atoms. The molecule has 2 heterocycles. The molecule has 1 saturated heterocycles. The lowest BCUT2D eigenvalue weighted by Crippen LogP contribution is -2.56. The molecule has 0 radical (unpaired) electrons. The van der Waals surface area contributed by atoms with E-state index in [0.717, 1.165) is 45.1 Å². The highest BCUT2D eigenvalue weighted by molar-refractivity contribution is 6.04. The molecular formula is C30H40N6O3. The maximum absolute atomic E-state index is 13.8. The van der Waals surface area contributed by atoms with E-state index in [1.165, 1.54) is 31.4 Å². The van der Waals surface area contributed by atoms with Crippen molar-refractivity contribution in [3.05, 3.63) is 59.9 Å². The van der Waals surface area contributed by atoms with Gasteiger partial charge in [-0.3, -0.25) is 19.5 Å². The molecule has 2 aromatic rings. The smallest absolute Gasteiger partial charge is 0.321 e. The lowest BCUT2D eigenvalue weighted by atomic mass is 9.68. The van der Waals surface area contributed by atoms with Gasteiger partial charge in [0.2, 0.25) is 5.91 Å². The molecular weight excluding hydrogens is 492 g/mol. The summed E-state index contributed by atoms with van der Waals surface area (Å²) in [6.07, 6.45) is 10.2. The number of hydrogen-bond acceptors (Lipinski definition) is 5. The first-order chi connectivity index (χ1) is 18.8. The van der Waals surface area contributed by atoms with Crippen molar-refractivity contribution in [3.63, 3.8) is 0 Å². The Labute approximate surface area is 230 Å². The SMILES string of the molecule is CNC(=O)c1cnccc1NC(=O)CN1CC2(CCC(c3ccccc3)(N(C)C)CC2)N(CC2CCC2)C1=O. The van der Waals surface area contributed by atoms with E-state index in [-0.39, 0.29) is 41.0 Å². The number of nitrogens with zero attached hydrogens (tertiary/aromatic N) is 4. The van der Waals surface area contributed by atoms with Crippen LogP contribution in [-0.2, 0) is 10.3 Å². The van der Waals surface area contributed by atoms with Crippen LogP contribution in [0.4, 0.5) is 10.5 Å². The minimum atomic E-state index is -0.328. The highest BCUT2D eigenvalue weighted by atomic mass is 16.2. The number of anilines is 1. The minimum Gasteiger partial charge on any atom is -0.355 e. The highest BCUT2D eigenvalue weighted by Crippen LogP contribution is 2.49. The fourth-order valence-corrected chi connectivity index (χ4v) is 6.69. The summed E-state index contributed by atoms with van der Waals surface area (Å²) in [6, 6.07) is 12.2. The van der Waals surface area contributed by atoms with Gasteiger partial charge < -0.3 is 20.4 Å². The van der Waals surface area contributed by atoms with E-state index in [4.69, 9.17) is 0 Å². The molecule has 5 rings (SSSR count). The number of rotatable bonds is 8. The average Bonchev–Trinajstić information content (AvgIpc) is 3.16. The molecule has 2 N–H and O–H groups in total. The number of hydrogen-bond donors (Lipinski definition) is 2. The summed E-state index contributed by atoms with van der Waals surface area (Å²) in [4.78, 5) is 49.3. The number of carbonyl (C=O) groups excluding carboxylic acids is 3. The van der Waals surface area contributed by atoms with Gasteiger partial charge in [-0.05, 0) is 70.2 Å². The van der Waals surface area contributed by atoms with Crippen LogP contribution in [0, 0.1) is 5.92 Å². The average molecular weight is 533 g/mol. The van der Waals surface area contributed by atoms with Crippen LogP contribution in [0.15, 0.2) is 48.8 Å². The summed E-state index contributed by atoms with van der Waals surface area (Å²) in [5, 5.41) is 5.40. The molecule has 1 aromatic heterocycles. The Morgan fingerprint density at radius 3 is 2.41 bits per heavy atom. The van der Waals surface area contributed by atoms with E-state index in [2.05, 4.69) is 69.8 Å². The molecule has 0 unspecified atom stereocenters. The van der Waals surface area contributed by atoms with Crippen LogP contribution < -0.4 is 10.6 Å². The van der Waals surface area contributed by atoms with E-state index in [9.17, 15) is 14.4 Å². The molecule has 1 aromatic carbocycles. The monoisotopic (exact) mass is 532 g/mol. The van der Waals surface area contributed by atoms with Crippen molar-refractivity contribution >= 4 is 23.5 Å². The number of aromatic nitrogens is 1. The Balaban J connectivity index is 1.34. The summed E-state index contributed by atoms with van der Waals surface area (Å²) >= 11 is 0. The fraction of sp³-hybridized carbons (Fsp3) is 0.533. The molecule has 208 valence electrons. The lowest BCUT2D eigenvalue weighted by Gasteiger charge is -2.51. The fourth-order valence-electron chi connectivity index (χ4n) is 6.69. The van der Waals surface area contributed by atoms with Crippen LogP contribution in [0.3, 0.4) is 0 Å². The van der Waals surface area contributed by atoms with Gasteiger partial charge in [0.1, 0.15) is 6.54 Å². The molecule has 3 aliphatic rings. The predicted octanol–water partition coefficient (Wildman–Crippen LogP) is 3.69. The summed E-state index contributed by atoms with van der Waals surface area (Å²) in [5.41, 5.74) is 1.65. The zero-order valence-corrected chi connectivity index (χ0v) is 23.3. The van der Waals surface area contributed by atoms with Crippen molar-refractivity contribution in [2.45, 2.75) is 56.0 Å². The first-order valence-electron chi connectivity index (χ1n) is 14.0. The molecule has 9 heteroatoms. The Morgan fingerprint density at radius 2 is 1.79 bits per heavy atom. The number of pyridine rings is 1. The molecule has 9 nitrogen and oxygen atoms in total. The van der Waals surface area contributed by atoms with Crippen LogP contribution in [0.2, 0.25) is 0 Å². The van der Waals surface area contributed by atoms with Crippen molar-refractivity contribution in [1.29, 1.82) is 0 Å². The summed E-state index contributed by atoms with van der Waals surface area (Å²) in [7, 11) is 5.84. The van der Waals surface area contributed by atoms with E-state index in [1.54, 1.807) is 11.0 Å². The number of benzene rings is 1. The van der Waals surface area contributed by atoms with Crippen LogP contribution in [0.5, 0.6) is 0 Å². The number of urea groups is 1. The summed E-state index contributed by atoms with van der Waals surface area (Å²) < 4.78 is 0. The van der Waals surface area contributed by atoms with E-state index in [0.29, 0.717) is 18.2 Å². The zero-order chi connectivity index (χ0) is 27.6. The molecule has 2 saturated carbocycles. The van der Waals surface area contributed by atoms with Crippen molar-refractivity contribution in [1.82, 2.24) is 25.0 Å². The third-order valence-corrected chi connectivity index (χ3v) is 9.30. The third kappa shape index (κ3) is 5.12. The van der Waals surface area contributed by atoms with Crippen LogP contribution in [0.1, 0.15) is 60.9 Å². The van der Waals surface area contributed by atoms with Gasteiger partial charge in [0.25, 0.3) is 5.91 Å². The van der Waals surface area contributed by atoms with Crippen molar-refractivity contribution in [3.8, 4) is 0 Å². The standard InChI is InChI=1S/C30H40N6O3/c1-31-27(38)24-18-32-17-12-25(24)33-26(37)20-35-21-29(36(28(35)39)19-22-8-7-9-22)13-15-30(16-14-29,34(2)3)23-10-5-4-6-11-23/h4-6,10-12,17-18,22H,7-9,13-16,19-21H2,1-3H3,(H,31,38)(H,32,33,37). The minimum absolute atomic E-state index is 0.0460. The second kappa shape index (κ2) is 11.0. The third-order valence-electron chi connectivity index (χ3n) is 9.30. The number of carbonyl (C=O) groups is 3. The molecule has 0 bridgehead atoms. The van der Waals surface area contributed by atoms with E-state index in [1.807, 2.05) is 0 Å².